The molecule has 20 heavy (non-hydrogen) atoms. The first-order chi connectivity index (χ1) is 9.52. The predicted octanol–water partition coefficient (Wildman–Crippen LogP) is 1.59. The van der Waals surface area contributed by atoms with Crippen molar-refractivity contribution < 1.29 is 19.4 Å². The lowest BCUT2D eigenvalue weighted by Gasteiger charge is -2.37. The van der Waals surface area contributed by atoms with Crippen molar-refractivity contribution in [3.05, 3.63) is 0 Å². The summed E-state index contributed by atoms with van der Waals surface area (Å²) in [6.45, 7) is 3.80. The SMILES string of the molecule is CC1(NC(=O)N2CCCCCC2C(=O)O)CCOCC1. The monoisotopic (exact) mass is 284 g/mol. The minimum absolute atomic E-state index is 0.247. The fraction of sp³-hybridized carbons (Fsp3) is 0.857. The van der Waals surface area contributed by atoms with Gasteiger partial charge in [0.05, 0.1) is 0 Å². The number of carboxylic acids is 1. The zero-order valence-corrected chi connectivity index (χ0v) is 12.1. The van der Waals surface area contributed by atoms with E-state index in [4.69, 9.17) is 4.74 Å². The number of rotatable bonds is 2. The number of carbonyl (C=O) groups is 2. The van der Waals surface area contributed by atoms with Gasteiger partial charge in [-0.3, -0.25) is 0 Å². The highest BCUT2D eigenvalue weighted by molar-refractivity contribution is 5.83. The Balaban J connectivity index is 2.02. The molecular weight excluding hydrogens is 260 g/mol. The Hall–Kier alpha value is -1.30. The Kier molecular flexibility index (Phi) is 4.86. The lowest BCUT2D eigenvalue weighted by Crippen LogP contribution is -2.57. The first-order valence-corrected chi connectivity index (χ1v) is 7.41. The number of hydrogen-bond acceptors (Lipinski definition) is 3. The number of ether oxygens (including phenoxy) is 1. The highest BCUT2D eigenvalue weighted by Crippen LogP contribution is 2.22. The highest BCUT2D eigenvalue weighted by atomic mass is 16.5. The Morgan fingerprint density at radius 3 is 2.60 bits per heavy atom. The van der Waals surface area contributed by atoms with Gasteiger partial charge in [0.1, 0.15) is 6.04 Å². The maximum absolute atomic E-state index is 12.4. The van der Waals surface area contributed by atoms with Gasteiger partial charge in [-0.15, -0.1) is 0 Å². The summed E-state index contributed by atoms with van der Waals surface area (Å²) in [7, 11) is 0. The summed E-state index contributed by atoms with van der Waals surface area (Å²) < 4.78 is 5.31. The zero-order chi connectivity index (χ0) is 14.6. The van der Waals surface area contributed by atoms with Gasteiger partial charge in [0.2, 0.25) is 0 Å². The molecule has 6 heteroatoms. The highest BCUT2D eigenvalue weighted by Gasteiger charge is 2.35. The minimum Gasteiger partial charge on any atom is -0.480 e. The standard InChI is InChI=1S/C14H24N2O4/c1-14(6-9-20-10-7-14)15-13(19)16-8-4-2-3-5-11(16)12(17)18/h11H,2-10H2,1H3,(H,15,19)(H,17,18). The van der Waals surface area contributed by atoms with Crippen LogP contribution in [0.25, 0.3) is 0 Å². The molecule has 2 amide bonds. The molecular formula is C14H24N2O4. The third-order valence-corrected chi connectivity index (χ3v) is 4.30. The van der Waals surface area contributed by atoms with Gasteiger partial charge < -0.3 is 20.1 Å². The van der Waals surface area contributed by atoms with Crippen molar-refractivity contribution in [2.75, 3.05) is 19.8 Å². The predicted molar refractivity (Wildman–Crippen MR) is 73.6 cm³/mol. The quantitative estimate of drug-likeness (QED) is 0.807. The number of aliphatic carboxylic acids is 1. The number of likely N-dealkylation sites (tertiary alicyclic amines) is 1. The molecule has 1 unspecified atom stereocenters. The number of carboxylic acid groups (broad SMARTS) is 1. The molecule has 0 spiro atoms. The van der Waals surface area contributed by atoms with Gasteiger partial charge in [0.25, 0.3) is 0 Å². The fourth-order valence-corrected chi connectivity index (χ4v) is 2.89. The van der Waals surface area contributed by atoms with Crippen molar-refractivity contribution >= 4 is 12.0 Å². The third kappa shape index (κ3) is 3.62. The largest absolute Gasteiger partial charge is 0.480 e. The van der Waals surface area contributed by atoms with Crippen molar-refractivity contribution in [1.29, 1.82) is 0 Å². The van der Waals surface area contributed by atoms with Crippen molar-refractivity contribution in [3.8, 4) is 0 Å². The molecule has 2 fully saturated rings. The summed E-state index contributed by atoms with van der Waals surface area (Å²) in [4.78, 5) is 25.3. The van der Waals surface area contributed by atoms with Crippen molar-refractivity contribution in [2.24, 2.45) is 0 Å². The molecule has 0 aromatic heterocycles. The Labute approximate surface area is 119 Å². The molecule has 0 bridgehead atoms. The number of nitrogens with zero attached hydrogens (tertiary/aromatic N) is 1. The molecule has 2 aliphatic heterocycles. The summed E-state index contributed by atoms with van der Waals surface area (Å²) in [6.07, 6.45) is 4.80. The zero-order valence-electron chi connectivity index (χ0n) is 12.1. The Morgan fingerprint density at radius 2 is 1.95 bits per heavy atom. The van der Waals surface area contributed by atoms with E-state index in [1.165, 1.54) is 4.90 Å². The molecule has 0 aliphatic carbocycles. The second-order valence-electron chi connectivity index (χ2n) is 6.00. The van der Waals surface area contributed by atoms with E-state index in [0.717, 1.165) is 32.1 Å². The molecule has 1 atom stereocenters. The van der Waals surface area contributed by atoms with E-state index in [1.807, 2.05) is 6.92 Å². The average molecular weight is 284 g/mol. The summed E-state index contributed by atoms with van der Waals surface area (Å²) in [5.41, 5.74) is -0.287. The summed E-state index contributed by atoms with van der Waals surface area (Å²) in [6, 6.07) is -0.940. The second kappa shape index (κ2) is 6.43. The van der Waals surface area contributed by atoms with Crippen LogP contribution < -0.4 is 5.32 Å². The molecule has 2 heterocycles. The molecule has 2 saturated heterocycles. The van der Waals surface area contributed by atoms with E-state index < -0.39 is 12.0 Å². The maximum Gasteiger partial charge on any atom is 0.326 e. The van der Waals surface area contributed by atoms with Gasteiger partial charge in [0.15, 0.2) is 0 Å². The van der Waals surface area contributed by atoms with Gasteiger partial charge in [0, 0.05) is 25.3 Å². The van der Waals surface area contributed by atoms with Crippen LogP contribution in [0.15, 0.2) is 0 Å². The molecule has 0 saturated carbocycles. The molecule has 2 N–H and O–H groups in total. The normalized spacial score (nSPS) is 26.6. The lowest BCUT2D eigenvalue weighted by atomic mass is 9.93. The van der Waals surface area contributed by atoms with Crippen molar-refractivity contribution in [1.82, 2.24) is 10.2 Å². The molecule has 6 nitrogen and oxygen atoms in total. The van der Waals surface area contributed by atoms with Crippen LogP contribution >= 0.6 is 0 Å². The number of amides is 2. The average Bonchev–Trinajstić information content (AvgIpc) is 2.64. The molecule has 2 aliphatic rings. The maximum atomic E-state index is 12.4. The fourth-order valence-electron chi connectivity index (χ4n) is 2.89. The van der Waals surface area contributed by atoms with Crippen LogP contribution in [0.4, 0.5) is 4.79 Å². The van der Waals surface area contributed by atoms with Crippen molar-refractivity contribution in [2.45, 2.75) is 57.0 Å². The topological polar surface area (TPSA) is 78.9 Å². The van der Waals surface area contributed by atoms with Crippen molar-refractivity contribution in [3.63, 3.8) is 0 Å². The van der Waals surface area contributed by atoms with Crippen LogP contribution in [0, 0.1) is 0 Å². The van der Waals surface area contributed by atoms with Crippen LogP contribution in [0.2, 0.25) is 0 Å². The summed E-state index contributed by atoms with van der Waals surface area (Å²) in [5, 5.41) is 12.3. The van der Waals surface area contributed by atoms with Gasteiger partial charge in [-0.1, -0.05) is 12.8 Å². The van der Waals surface area contributed by atoms with Gasteiger partial charge >= 0.3 is 12.0 Å². The van der Waals surface area contributed by atoms with Crippen LogP contribution in [0.5, 0.6) is 0 Å². The van der Waals surface area contributed by atoms with Gasteiger partial charge in [-0.05, 0) is 32.6 Å². The van der Waals surface area contributed by atoms with Crippen LogP contribution in [0.3, 0.4) is 0 Å². The molecule has 0 aromatic carbocycles. The first kappa shape index (κ1) is 15.1. The third-order valence-electron chi connectivity index (χ3n) is 4.30. The number of nitrogens with one attached hydrogen (secondary N) is 1. The van der Waals surface area contributed by atoms with E-state index in [-0.39, 0.29) is 11.6 Å². The van der Waals surface area contributed by atoms with E-state index in [2.05, 4.69) is 5.32 Å². The van der Waals surface area contributed by atoms with Gasteiger partial charge in [-0.2, -0.15) is 0 Å². The van der Waals surface area contributed by atoms with E-state index >= 15 is 0 Å². The molecule has 0 aromatic rings. The Bertz CT molecular complexity index is 366. The lowest BCUT2D eigenvalue weighted by molar-refractivity contribution is -0.142. The van der Waals surface area contributed by atoms with Gasteiger partial charge in [-0.25, -0.2) is 9.59 Å². The van der Waals surface area contributed by atoms with E-state index in [1.54, 1.807) is 0 Å². The van der Waals surface area contributed by atoms with E-state index in [0.29, 0.717) is 26.2 Å². The summed E-state index contributed by atoms with van der Waals surface area (Å²) >= 11 is 0. The second-order valence-corrected chi connectivity index (χ2v) is 6.00. The molecule has 0 radical (unpaired) electrons. The van der Waals surface area contributed by atoms with E-state index in [9.17, 15) is 14.7 Å². The molecule has 114 valence electrons. The van der Waals surface area contributed by atoms with Crippen LogP contribution in [0.1, 0.15) is 45.4 Å². The van der Waals surface area contributed by atoms with Crippen LogP contribution in [-0.4, -0.2) is 53.3 Å². The first-order valence-electron chi connectivity index (χ1n) is 7.41. The number of carbonyl (C=O) groups excluding carboxylic acids is 1. The summed E-state index contributed by atoms with van der Waals surface area (Å²) in [5.74, 6) is -0.904. The smallest absolute Gasteiger partial charge is 0.326 e. The van der Waals surface area contributed by atoms with Crippen LogP contribution in [-0.2, 0) is 9.53 Å². The number of hydrogen-bond donors (Lipinski definition) is 2. The minimum atomic E-state index is -0.904. The number of urea groups is 1. The Morgan fingerprint density at radius 1 is 1.25 bits per heavy atom. The molecule has 2 rings (SSSR count).